The number of hydrogen-bond donors (Lipinski definition) is 3. The molecule has 0 aliphatic heterocycles. The minimum absolute atomic E-state index is 0.250. The summed E-state index contributed by atoms with van der Waals surface area (Å²) in [6.07, 6.45) is 0. The minimum atomic E-state index is -1.52. The molecule has 0 heterocycles. The molecule has 1 rings (SSSR count). The highest BCUT2D eigenvalue weighted by atomic mass is 16.6. The van der Waals surface area contributed by atoms with Crippen molar-refractivity contribution in [2.75, 3.05) is 0 Å². The molecular formula is C9H7NO8. The number of rotatable bonds is 3. The van der Waals surface area contributed by atoms with Gasteiger partial charge in [0.05, 0.1) is 16.1 Å². The van der Waals surface area contributed by atoms with Crippen LogP contribution in [0.15, 0.2) is 18.2 Å². The van der Waals surface area contributed by atoms with E-state index in [0.29, 0.717) is 6.07 Å². The number of carboxylic acids is 2. The molecule has 96 valence electrons. The van der Waals surface area contributed by atoms with Crippen LogP contribution in [0, 0.1) is 10.1 Å². The van der Waals surface area contributed by atoms with Crippen molar-refractivity contribution in [3.8, 4) is 0 Å². The molecule has 0 radical (unpaired) electrons. The molecule has 0 atom stereocenters. The summed E-state index contributed by atoms with van der Waals surface area (Å²) in [5, 5.41) is 34.5. The standard InChI is InChI=1S/C8H5NO6.CH2O2/c10-7(11)5-2-1-4(9(14)15)3-6(5)8(12)13;2-1-3/h1-3H,(H,10,11)(H,12,13);1H,(H,2,3). The van der Waals surface area contributed by atoms with Crippen LogP contribution in [0.5, 0.6) is 0 Å². The molecule has 0 unspecified atom stereocenters. The van der Waals surface area contributed by atoms with Crippen molar-refractivity contribution in [3.63, 3.8) is 0 Å². The van der Waals surface area contributed by atoms with Gasteiger partial charge in [-0.1, -0.05) is 0 Å². The first-order valence-corrected chi connectivity index (χ1v) is 4.18. The van der Waals surface area contributed by atoms with Gasteiger partial charge < -0.3 is 15.3 Å². The van der Waals surface area contributed by atoms with Crippen molar-refractivity contribution in [3.05, 3.63) is 39.4 Å². The van der Waals surface area contributed by atoms with Crippen LogP contribution in [0.1, 0.15) is 20.7 Å². The fourth-order valence-electron chi connectivity index (χ4n) is 1.01. The maximum absolute atomic E-state index is 10.6. The van der Waals surface area contributed by atoms with Crippen molar-refractivity contribution < 1.29 is 34.6 Å². The largest absolute Gasteiger partial charge is 0.483 e. The normalized spacial score (nSPS) is 8.67. The molecule has 3 N–H and O–H groups in total. The summed E-state index contributed by atoms with van der Waals surface area (Å²) < 4.78 is 0. The minimum Gasteiger partial charge on any atom is -0.483 e. The Morgan fingerprint density at radius 3 is 1.94 bits per heavy atom. The van der Waals surface area contributed by atoms with Crippen LogP contribution in [0.2, 0.25) is 0 Å². The average molecular weight is 257 g/mol. The summed E-state index contributed by atoms with van der Waals surface area (Å²) in [7, 11) is 0. The molecule has 1 aromatic carbocycles. The summed E-state index contributed by atoms with van der Waals surface area (Å²) in [6.45, 7) is -0.250. The van der Waals surface area contributed by atoms with E-state index in [1.807, 2.05) is 0 Å². The Bertz CT molecular complexity index is 495. The molecule has 0 saturated heterocycles. The summed E-state index contributed by atoms with van der Waals surface area (Å²) in [4.78, 5) is 39.1. The Hall–Kier alpha value is -2.97. The Morgan fingerprint density at radius 2 is 1.61 bits per heavy atom. The second-order valence-electron chi connectivity index (χ2n) is 2.70. The highest BCUT2D eigenvalue weighted by molar-refractivity contribution is 6.02. The number of nitro benzene ring substituents is 1. The Morgan fingerprint density at radius 1 is 1.17 bits per heavy atom. The maximum atomic E-state index is 10.6. The first-order chi connectivity index (χ1) is 8.34. The Labute approximate surface area is 99.1 Å². The van der Waals surface area contributed by atoms with E-state index in [0.717, 1.165) is 12.1 Å². The fourth-order valence-corrected chi connectivity index (χ4v) is 1.01. The van der Waals surface area contributed by atoms with Crippen molar-refractivity contribution in [2.45, 2.75) is 0 Å². The third-order valence-electron chi connectivity index (χ3n) is 1.67. The van der Waals surface area contributed by atoms with E-state index in [1.54, 1.807) is 0 Å². The predicted molar refractivity (Wildman–Crippen MR) is 55.7 cm³/mol. The number of non-ortho nitro benzene ring substituents is 1. The topological polar surface area (TPSA) is 155 Å². The van der Waals surface area contributed by atoms with Gasteiger partial charge >= 0.3 is 11.9 Å². The lowest BCUT2D eigenvalue weighted by Gasteiger charge is -2.00. The maximum Gasteiger partial charge on any atom is 0.336 e. The van der Waals surface area contributed by atoms with Crippen LogP contribution in [0.4, 0.5) is 5.69 Å². The third-order valence-corrected chi connectivity index (χ3v) is 1.67. The highest BCUT2D eigenvalue weighted by Crippen LogP contribution is 2.17. The van der Waals surface area contributed by atoms with Gasteiger partial charge in [0, 0.05) is 12.1 Å². The molecule has 0 saturated carbocycles. The van der Waals surface area contributed by atoms with E-state index in [-0.39, 0.29) is 6.47 Å². The van der Waals surface area contributed by atoms with E-state index in [9.17, 15) is 19.7 Å². The fraction of sp³-hybridized carbons (Fsp3) is 0. The van der Waals surface area contributed by atoms with Gasteiger partial charge in [-0.25, -0.2) is 9.59 Å². The number of aromatic carboxylic acids is 2. The lowest BCUT2D eigenvalue weighted by Crippen LogP contribution is -2.08. The van der Waals surface area contributed by atoms with Crippen molar-refractivity contribution in [1.29, 1.82) is 0 Å². The Balaban J connectivity index is 0.000000873. The zero-order chi connectivity index (χ0) is 14.3. The number of hydrogen-bond acceptors (Lipinski definition) is 5. The molecule has 0 aliphatic carbocycles. The second-order valence-corrected chi connectivity index (χ2v) is 2.70. The summed E-state index contributed by atoms with van der Waals surface area (Å²) in [6, 6.07) is 2.55. The molecular weight excluding hydrogens is 250 g/mol. The summed E-state index contributed by atoms with van der Waals surface area (Å²) in [5.41, 5.74) is -1.54. The van der Waals surface area contributed by atoms with Gasteiger partial charge in [0.1, 0.15) is 0 Å². The molecule has 0 aliphatic rings. The zero-order valence-corrected chi connectivity index (χ0v) is 8.64. The SMILES string of the molecule is O=C(O)c1ccc([N+](=O)[O-])cc1C(=O)O.O=CO. The van der Waals surface area contributed by atoms with Crippen molar-refractivity contribution in [2.24, 2.45) is 0 Å². The average Bonchev–Trinajstić information content (AvgIpc) is 2.28. The van der Waals surface area contributed by atoms with Gasteiger partial charge in [-0.05, 0) is 6.07 Å². The van der Waals surface area contributed by atoms with Crippen LogP contribution in [0.3, 0.4) is 0 Å². The molecule has 0 bridgehead atoms. The second kappa shape index (κ2) is 6.58. The van der Waals surface area contributed by atoms with Crippen LogP contribution in [0.25, 0.3) is 0 Å². The monoisotopic (exact) mass is 257 g/mol. The van der Waals surface area contributed by atoms with E-state index in [4.69, 9.17) is 20.1 Å². The summed E-state index contributed by atoms with van der Waals surface area (Å²) >= 11 is 0. The van der Waals surface area contributed by atoms with Crippen LogP contribution < -0.4 is 0 Å². The van der Waals surface area contributed by atoms with Gasteiger partial charge in [0.2, 0.25) is 0 Å². The predicted octanol–water partition coefficient (Wildman–Crippen LogP) is 0.692. The first kappa shape index (κ1) is 15.0. The van der Waals surface area contributed by atoms with E-state index >= 15 is 0 Å². The van der Waals surface area contributed by atoms with Crippen molar-refractivity contribution in [1.82, 2.24) is 0 Å². The van der Waals surface area contributed by atoms with Gasteiger partial charge in [-0.3, -0.25) is 14.9 Å². The molecule has 18 heavy (non-hydrogen) atoms. The molecule has 0 spiro atoms. The molecule has 9 nitrogen and oxygen atoms in total. The van der Waals surface area contributed by atoms with Crippen molar-refractivity contribution >= 4 is 24.1 Å². The first-order valence-electron chi connectivity index (χ1n) is 4.18. The van der Waals surface area contributed by atoms with Gasteiger partial charge in [-0.2, -0.15) is 0 Å². The number of nitro groups is 1. The van der Waals surface area contributed by atoms with Crippen LogP contribution in [-0.2, 0) is 4.79 Å². The quantitative estimate of drug-likeness (QED) is 0.405. The zero-order valence-electron chi connectivity index (χ0n) is 8.64. The lowest BCUT2D eigenvalue weighted by molar-refractivity contribution is -0.384. The molecule has 0 amide bonds. The molecule has 0 fully saturated rings. The smallest absolute Gasteiger partial charge is 0.336 e. The van der Waals surface area contributed by atoms with Gasteiger partial charge in [0.25, 0.3) is 12.2 Å². The lowest BCUT2D eigenvalue weighted by atomic mass is 10.1. The molecule has 9 heteroatoms. The number of carbonyl (C=O) groups is 3. The van der Waals surface area contributed by atoms with E-state index in [1.165, 1.54) is 0 Å². The number of benzene rings is 1. The van der Waals surface area contributed by atoms with Crippen LogP contribution >= 0.6 is 0 Å². The van der Waals surface area contributed by atoms with E-state index < -0.39 is 33.7 Å². The van der Waals surface area contributed by atoms with Crippen LogP contribution in [-0.4, -0.2) is 38.7 Å². The highest BCUT2D eigenvalue weighted by Gasteiger charge is 2.19. The number of carboxylic acid groups (broad SMARTS) is 3. The van der Waals surface area contributed by atoms with E-state index in [2.05, 4.69) is 0 Å². The van der Waals surface area contributed by atoms with Gasteiger partial charge in [0.15, 0.2) is 0 Å². The Kier molecular flexibility index (Phi) is 5.49. The number of nitrogens with zero attached hydrogens (tertiary/aromatic N) is 1. The molecule has 0 aromatic heterocycles. The third kappa shape index (κ3) is 3.89. The molecule has 1 aromatic rings. The summed E-state index contributed by atoms with van der Waals surface area (Å²) in [5.74, 6) is -2.96. The van der Waals surface area contributed by atoms with Gasteiger partial charge in [-0.15, -0.1) is 0 Å².